The molecule has 29 heavy (non-hydrogen) atoms. The molecule has 0 spiro atoms. The Balaban J connectivity index is 1.63. The van der Waals surface area contributed by atoms with Gasteiger partial charge in [-0.15, -0.1) is 0 Å². The third kappa shape index (κ3) is 3.89. The van der Waals surface area contributed by atoms with Crippen molar-refractivity contribution in [3.05, 3.63) is 71.2 Å². The maximum atomic E-state index is 13.1. The van der Waals surface area contributed by atoms with Gasteiger partial charge in [0, 0.05) is 36.4 Å². The van der Waals surface area contributed by atoms with E-state index in [1.807, 2.05) is 38.1 Å². The molecule has 1 saturated heterocycles. The molecule has 0 unspecified atom stereocenters. The van der Waals surface area contributed by atoms with Gasteiger partial charge in [0.25, 0.3) is 5.91 Å². The van der Waals surface area contributed by atoms with Crippen molar-refractivity contribution in [1.29, 1.82) is 0 Å². The van der Waals surface area contributed by atoms with E-state index in [1.54, 1.807) is 6.20 Å². The zero-order valence-corrected chi connectivity index (χ0v) is 17.1. The second-order valence-electron chi connectivity index (χ2n) is 7.39. The highest BCUT2D eigenvalue weighted by atomic mass is 16.5. The molecule has 3 aromatic rings. The fourth-order valence-electron chi connectivity index (χ4n) is 3.87. The van der Waals surface area contributed by atoms with Crippen molar-refractivity contribution in [2.75, 3.05) is 36.5 Å². The van der Waals surface area contributed by atoms with Gasteiger partial charge < -0.3 is 19.5 Å². The van der Waals surface area contributed by atoms with E-state index in [9.17, 15) is 4.79 Å². The van der Waals surface area contributed by atoms with Crippen molar-refractivity contribution in [2.24, 2.45) is 0 Å². The lowest BCUT2D eigenvalue weighted by atomic mass is 10.2. The molecule has 4 rings (SSSR count). The topological polar surface area (TPSA) is 59.4 Å². The number of aromatic nitrogens is 2. The monoisotopic (exact) mass is 390 g/mol. The first-order chi connectivity index (χ1) is 14.0. The molecule has 0 aliphatic carbocycles. The molecule has 0 atom stereocenters. The van der Waals surface area contributed by atoms with Crippen LogP contribution in [-0.4, -0.2) is 41.8 Å². The molecule has 3 heterocycles. The highest BCUT2D eigenvalue weighted by Gasteiger charge is 2.20. The van der Waals surface area contributed by atoms with Gasteiger partial charge in [0.05, 0.1) is 24.5 Å². The molecule has 1 N–H and O–H groups in total. The van der Waals surface area contributed by atoms with Gasteiger partial charge in [0.1, 0.15) is 0 Å². The lowest BCUT2D eigenvalue weighted by molar-refractivity contribution is 0.102. The number of rotatable bonds is 4. The number of pyridine rings is 1. The van der Waals surface area contributed by atoms with Crippen molar-refractivity contribution in [1.82, 2.24) is 9.55 Å². The number of morpholine rings is 1. The molecule has 1 aromatic carbocycles. The number of benzene rings is 1. The van der Waals surface area contributed by atoms with Crippen LogP contribution in [0.2, 0.25) is 0 Å². The van der Waals surface area contributed by atoms with Crippen LogP contribution < -0.4 is 10.2 Å². The average Bonchev–Trinajstić information content (AvgIpc) is 3.03. The van der Waals surface area contributed by atoms with Crippen LogP contribution in [0.15, 0.2) is 48.7 Å². The third-order valence-corrected chi connectivity index (χ3v) is 5.28. The fraction of sp³-hybridized carbons (Fsp3) is 0.304. The third-order valence-electron chi connectivity index (χ3n) is 5.28. The van der Waals surface area contributed by atoms with Crippen molar-refractivity contribution in [3.8, 4) is 5.69 Å². The van der Waals surface area contributed by atoms with Crippen LogP contribution in [0.3, 0.4) is 0 Å². The smallest absolute Gasteiger partial charge is 0.257 e. The Hall–Kier alpha value is -3.12. The molecule has 150 valence electrons. The van der Waals surface area contributed by atoms with Gasteiger partial charge >= 0.3 is 0 Å². The summed E-state index contributed by atoms with van der Waals surface area (Å²) in [5, 5.41) is 3.07. The second kappa shape index (κ2) is 8.09. The van der Waals surface area contributed by atoms with Gasteiger partial charge in [0.2, 0.25) is 0 Å². The molecular weight excluding hydrogens is 364 g/mol. The Kier molecular flexibility index (Phi) is 5.36. The van der Waals surface area contributed by atoms with E-state index in [0.717, 1.165) is 41.7 Å². The normalized spacial score (nSPS) is 14.1. The molecule has 0 radical (unpaired) electrons. The zero-order valence-electron chi connectivity index (χ0n) is 17.1. The van der Waals surface area contributed by atoms with Gasteiger partial charge in [-0.25, -0.2) is 4.98 Å². The summed E-state index contributed by atoms with van der Waals surface area (Å²) in [4.78, 5) is 19.8. The summed E-state index contributed by atoms with van der Waals surface area (Å²) < 4.78 is 7.55. The largest absolute Gasteiger partial charge is 0.378 e. The summed E-state index contributed by atoms with van der Waals surface area (Å²) in [6, 6.07) is 14.0. The Morgan fingerprint density at radius 3 is 2.62 bits per heavy atom. The number of carbonyl (C=O) groups excluding carboxylic acids is 1. The fourth-order valence-corrected chi connectivity index (χ4v) is 3.87. The van der Waals surface area contributed by atoms with Crippen LogP contribution in [0, 0.1) is 20.8 Å². The van der Waals surface area contributed by atoms with Crippen molar-refractivity contribution >= 4 is 17.4 Å². The molecule has 6 nitrogen and oxygen atoms in total. The number of nitrogens with one attached hydrogen (secondary N) is 1. The van der Waals surface area contributed by atoms with Gasteiger partial charge in [-0.05, 0) is 56.7 Å². The van der Waals surface area contributed by atoms with Crippen molar-refractivity contribution in [2.45, 2.75) is 20.8 Å². The van der Waals surface area contributed by atoms with E-state index < -0.39 is 0 Å². The number of ether oxygens (including phenoxy) is 1. The molecule has 1 amide bonds. The number of hydrogen-bond donors (Lipinski definition) is 1. The molecule has 1 fully saturated rings. The van der Waals surface area contributed by atoms with E-state index in [0.29, 0.717) is 18.8 Å². The molecule has 0 saturated carbocycles. The number of nitrogens with zero attached hydrogens (tertiary/aromatic N) is 3. The molecule has 2 aromatic heterocycles. The number of carbonyl (C=O) groups is 1. The highest BCUT2D eigenvalue weighted by Crippen LogP contribution is 2.26. The number of amides is 1. The van der Waals surface area contributed by atoms with Crippen LogP contribution in [0.1, 0.15) is 27.3 Å². The second-order valence-corrected chi connectivity index (χ2v) is 7.39. The number of anilines is 2. The standard InChI is InChI=1S/C23H26N4O2/c1-16-6-4-7-19(14-16)27-17(2)15-20(18(27)3)23(28)25-21-8-5-9-24-22(21)26-10-12-29-13-11-26/h4-9,14-15H,10-13H2,1-3H3,(H,25,28). The van der Waals surface area contributed by atoms with Crippen molar-refractivity contribution in [3.63, 3.8) is 0 Å². The van der Waals surface area contributed by atoms with Gasteiger partial charge in [-0.1, -0.05) is 12.1 Å². The van der Waals surface area contributed by atoms with E-state index in [4.69, 9.17) is 4.74 Å². The zero-order chi connectivity index (χ0) is 20.4. The summed E-state index contributed by atoms with van der Waals surface area (Å²) in [6.07, 6.45) is 1.75. The minimum atomic E-state index is -0.125. The highest BCUT2D eigenvalue weighted by molar-refractivity contribution is 6.06. The van der Waals surface area contributed by atoms with E-state index in [2.05, 4.69) is 44.9 Å². The first kappa shape index (κ1) is 19.2. The Bertz CT molecular complexity index is 1040. The minimum absolute atomic E-state index is 0.125. The predicted octanol–water partition coefficient (Wildman–Crippen LogP) is 3.89. The molecule has 1 aliphatic rings. The van der Waals surface area contributed by atoms with E-state index >= 15 is 0 Å². The van der Waals surface area contributed by atoms with Crippen LogP contribution in [0.25, 0.3) is 5.69 Å². The molecule has 1 aliphatic heterocycles. The summed E-state index contributed by atoms with van der Waals surface area (Å²) in [6.45, 7) is 8.94. The lowest BCUT2D eigenvalue weighted by Gasteiger charge is -2.29. The molecule has 6 heteroatoms. The quantitative estimate of drug-likeness (QED) is 0.734. The first-order valence-corrected chi connectivity index (χ1v) is 9.89. The van der Waals surface area contributed by atoms with Crippen LogP contribution in [0.5, 0.6) is 0 Å². The van der Waals surface area contributed by atoms with Crippen LogP contribution in [-0.2, 0) is 4.74 Å². The van der Waals surface area contributed by atoms with Gasteiger partial charge in [0.15, 0.2) is 5.82 Å². The molecule has 0 bridgehead atoms. The maximum Gasteiger partial charge on any atom is 0.257 e. The summed E-state index contributed by atoms with van der Waals surface area (Å²) >= 11 is 0. The Morgan fingerprint density at radius 2 is 1.86 bits per heavy atom. The average molecular weight is 390 g/mol. The maximum absolute atomic E-state index is 13.1. The number of aryl methyl sites for hydroxylation is 2. The first-order valence-electron chi connectivity index (χ1n) is 9.89. The summed E-state index contributed by atoms with van der Waals surface area (Å²) in [5.74, 6) is 0.663. The SMILES string of the molecule is Cc1cccc(-n2c(C)cc(C(=O)Nc3cccnc3N3CCOCC3)c2C)c1. The van der Waals surface area contributed by atoms with Crippen molar-refractivity contribution < 1.29 is 9.53 Å². The van der Waals surface area contributed by atoms with Crippen LogP contribution >= 0.6 is 0 Å². The lowest BCUT2D eigenvalue weighted by Crippen LogP contribution is -2.37. The molecular formula is C23H26N4O2. The minimum Gasteiger partial charge on any atom is -0.378 e. The van der Waals surface area contributed by atoms with Crippen LogP contribution in [0.4, 0.5) is 11.5 Å². The number of hydrogen-bond acceptors (Lipinski definition) is 4. The van der Waals surface area contributed by atoms with Gasteiger partial charge in [-0.3, -0.25) is 4.79 Å². The Labute approximate surface area is 171 Å². The van der Waals surface area contributed by atoms with E-state index in [-0.39, 0.29) is 5.91 Å². The van der Waals surface area contributed by atoms with Gasteiger partial charge in [-0.2, -0.15) is 0 Å². The van der Waals surface area contributed by atoms with E-state index in [1.165, 1.54) is 5.56 Å². The summed E-state index contributed by atoms with van der Waals surface area (Å²) in [5.41, 5.74) is 5.58. The summed E-state index contributed by atoms with van der Waals surface area (Å²) in [7, 11) is 0. The predicted molar refractivity (Wildman–Crippen MR) is 115 cm³/mol. The Morgan fingerprint density at radius 1 is 1.07 bits per heavy atom.